The molecule has 0 fully saturated rings. The summed E-state index contributed by atoms with van der Waals surface area (Å²) in [6, 6.07) is 5.01. The molecule has 3 atom stereocenters. The monoisotopic (exact) mass is 298 g/mol. The van der Waals surface area contributed by atoms with Gasteiger partial charge in [-0.3, -0.25) is 0 Å². The number of rotatable bonds is 3. The highest BCUT2D eigenvalue weighted by atomic mass is 19.1. The van der Waals surface area contributed by atoms with Gasteiger partial charge in [-0.15, -0.1) is 0 Å². The second-order valence-electron chi connectivity index (χ2n) is 6.25. The van der Waals surface area contributed by atoms with Crippen molar-refractivity contribution >= 4 is 0 Å². The quantitative estimate of drug-likeness (QED) is 0.877. The zero-order valence-electron chi connectivity index (χ0n) is 12.3. The van der Waals surface area contributed by atoms with Crippen LogP contribution in [0.15, 0.2) is 42.9 Å². The van der Waals surface area contributed by atoms with Crippen molar-refractivity contribution in [2.45, 2.75) is 37.8 Å². The van der Waals surface area contributed by atoms with E-state index in [-0.39, 0.29) is 17.8 Å². The fourth-order valence-electron chi connectivity index (χ4n) is 3.82. The molecule has 4 heteroatoms. The summed E-state index contributed by atoms with van der Waals surface area (Å²) in [7, 11) is 0. The van der Waals surface area contributed by atoms with Gasteiger partial charge in [-0.2, -0.15) is 0 Å². The standard InChI is InChI=1S/C18H19FN2O/c19-14-8-4-7-13-16-10-20-11-21(16)15(18(13)14)9-17(22)12-5-2-1-3-6-12/h1-2,4,7-8,10-12,15,17,22H,3,5-6,9H2. The number of hydrogen-bond donors (Lipinski definition) is 1. The Morgan fingerprint density at radius 2 is 2.27 bits per heavy atom. The van der Waals surface area contributed by atoms with Gasteiger partial charge < -0.3 is 9.67 Å². The number of halogens is 1. The average molecular weight is 298 g/mol. The maximum absolute atomic E-state index is 14.3. The smallest absolute Gasteiger partial charge is 0.129 e. The molecule has 0 amide bonds. The van der Waals surface area contributed by atoms with E-state index in [9.17, 15) is 9.50 Å². The predicted octanol–water partition coefficient (Wildman–Crippen LogP) is 3.70. The van der Waals surface area contributed by atoms with E-state index in [2.05, 4.69) is 17.1 Å². The zero-order chi connectivity index (χ0) is 15.1. The molecule has 1 N–H and O–H groups in total. The number of aliphatic hydroxyl groups excluding tert-OH is 1. The maximum atomic E-state index is 14.3. The molecule has 3 unspecified atom stereocenters. The first kappa shape index (κ1) is 13.7. The maximum Gasteiger partial charge on any atom is 0.129 e. The Labute approximate surface area is 129 Å². The Bertz CT molecular complexity index is 722. The first-order valence-electron chi connectivity index (χ1n) is 7.89. The molecule has 0 bridgehead atoms. The van der Waals surface area contributed by atoms with Crippen molar-refractivity contribution in [1.82, 2.24) is 9.55 Å². The number of hydrogen-bond acceptors (Lipinski definition) is 2. The molecule has 114 valence electrons. The van der Waals surface area contributed by atoms with Gasteiger partial charge in [0.2, 0.25) is 0 Å². The Balaban J connectivity index is 1.66. The minimum Gasteiger partial charge on any atom is -0.393 e. The lowest BCUT2D eigenvalue weighted by atomic mass is 9.85. The van der Waals surface area contributed by atoms with Gasteiger partial charge in [0, 0.05) is 11.1 Å². The van der Waals surface area contributed by atoms with Crippen molar-refractivity contribution in [2.75, 3.05) is 0 Å². The van der Waals surface area contributed by atoms with E-state index < -0.39 is 6.10 Å². The molecule has 2 aromatic rings. The molecular weight excluding hydrogens is 279 g/mol. The largest absolute Gasteiger partial charge is 0.393 e. The molecule has 0 spiro atoms. The molecule has 0 saturated heterocycles. The van der Waals surface area contributed by atoms with Gasteiger partial charge in [0.15, 0.2) is 0 Å². The Hall–Kier alpha value is -1.94. The van der Waals surface area contributed by atoms with Crippen LogP contribution in [-0.4, -0.2) is 20.8 Å². The molecule has 0 saturated carbocycles. The Morgan fingerprint density at radius 1 is 1.36 bits per heavy atom. The van der Waals surface area contributed by atoms with Gasteiger partial charge in [-0.05, 0) is 37.7 Å². The van der Waals surface area contributed by atoms with Crippen LogP contribution in [0.3, 0.4) is 0 Å². The van der Waals surface area contributed by atoms with Crippen molar-refractivity contribution < 1.29 is 9.50 Å². The summed E-state index contributed by atoms with van der Waals surface area (Å²) in [5, 5.41) is 10.6. The van der Waals surface area contributed by atoms with E-state index in [0.717, 1.165) is 30.5 Å². The summed E-state index contributed by atoms with van der Waals surface area (Å²) in [5.74, 6) is 0.0785. The van der Waals surface area contributed by atoms with Gasteiger partial charge in [0.1, 0.15) is 5.82 Å². The van der Waals surface area contributed by atoms with E-state index in [1.807, 2.05) is 10.6 Å². The lowest BCUT2D eigenvalue weighted by molar-refractivity contribution is 0.0835. The van der Waals surface area contributed by atoms with Crippen LogP contribution >= 0.6 is 0 Å². The van der Waals surface area contributed by atoms with Gasteiger partial charge in [-0.25, -0.2) is 9.37 Å². The van der Waals surface area contributed by atoms with Crippen LogP contribution in [0.5, 0.6) is 0 Å². The summed E-state index contributed by atoms with van der Waals surface area (Å²) in [5.41, 5.74) is 2.54. The van der Waals surface area contributed by atoms with Crippen molar-refractivity contribution in [3.63, 3.8) is 0 Å². The number of fused-ring (bicyclic) bond motifs is 3. The van der Waals surface area contributed by atoms with Crippen molar-refractivity contribution in [1.29, 1.82) is 0 Å². The molecule has 22 heavy (non-hydrogen) atoms. The fourth-order valence-corrected chi connectivity index (χ4v) is 3.82. The topological polar surface area (TPSA) is 38.1 Å². The molecule has 2 heterocycles. The molecular formula is C18H19FN2O. The SMILES string of the molecule is OC(CC1c2c(F)cccc2-c2cncn21)C1CC=CCC1. The summed E-state index contributed by atoms with van der Waals surface area (Å²) in [6.45, 7) is 0. The van der Waals surface area contributed by atoms with E-state index >= 15 is 0 Å². The van der Waals surface area contributed by atoms with E-state index in [1.165, 1.54) is 6.07 Å². The molecule has 1 aromatic heterocycles. The third-order valence-electron chi connectivity index (χ3n) is 4.98. The summed E-state index contributed by atoms with van der Waals surface area (Å²) >= 11 is 0. The highest BCUT2D eigenvalue weighted by Crippen LogP contribution is 2.43. The average Bonchev–Trinajstić information content (AvgIpc) is 3.12. The van der Waals surface area contributed by atoms with Crippen LogP contribution in [0.1, 0.15) is 37.3 Å². The zero-order valence-corrected chi connectivity index (χ0v) is 12.3. The second-order valence-corrected chi connectivity index (χ2v) is 6.25. The number of nitrogens with zero attached hydrogens (tertiary/aromatic N) is 2. The van der Waals surface area contributed by atoms with Gasteiger partial charge in [0.05, 0.1) is 30.4 Å². The minimum atomic E-state index is -0.421. The second kappa shape index (κ2) is 5.36. The van der Waals surface area contributed by atoms with E-state index in [0.29, 0.717) is 12.0 Å². The molecule has 1 aliphatic carbocycles. The number of benzene rings is 1. The van der Waals surface area contributed by atoms with E-state index in [1.54, 1.807) is 18.6 Å². The number of imidazole rings is 1. The van der Waals surface area contributed by atoms with Crippen LogP contribution in [0.2, 0.25) is 0 Å². The summed E-state index contributed by atoms with van der Waals surface area (Å²) in [4.78, 5) is 4.19. The Kier molecular flexibility index (Phi) is 3.34. The number of aromatic nitrogens is 2. The number of aliphatic hydroxyl groups is 1. The van der Waals surface area contributed by atoms with Gasteiger partial charge >= 0.3 is 0 Å². The molecule has 0 radical (unpaired) electrons. The third kappa shape index (κ3) is 2.10. The van der Waals surface area contributed by atoms with Crippen LogP contribution in [0, 0.1) is 11.7 Å². The molecule has 2 aliphatic rings. The first-order chi connectivity index (χ1) is 10.8. The third-order valence-corrected chi connectivity index (χ3v) is 4.98. The van der Waals surface area contributed by atoms with Gasteiger partial charge in [-0.1, -0.05) is 24.3 Å². The summed E-state index contributed by atoms with van der Waals surface area (Å²) < 4.78 is 16.3. The van der Waals surface area contributed by atoms with Crippen LogP contribution in [-0.2, 0) is 0 Å². The summed E-state index contributed by atoms with van der Waals surface area (Å²) in [6.07, 6.45) is 10.9. The van der Waals surface area contributed by atoms with Crippen LogP contribution in [0.25, 0.3) is 11.3 Å². The van der Waals surface area contributed by atoms with Crippen molar-refractivity contribution in [2.24, 2.45) is 5.92 Å². The Morgan fingerprint density at radius 3 is 3.09 bits per heavy atom. The van der Waals surface area contributed by atoms with Crippen LogP contribution in [0.4, 0.5) is 4.39 Å². The van der Waals surface area contributed by atoms with Crippen molar-refractivity contribution in [3.8, 4) is 11.3 Å². The highest BCUT2D eigenvalue weighted by molar-refractivity contribution is 5.69. The van der Waals surface area contributed by atoms with Crippen LogP contribution < -0.4 is 0 Å². The highest BCUT2D eigenvalue weighted by Gasteiger charge is 2.34. The lowest BCUT2D eigenvalue weighted by Gasteiger charge is -2.27. The molecule has 1 aromatic carbocycles. The number of allylic oxidation sites excluding steroid dienone is 2. The first-order valence-corrected chi connectivity index (χ1v) is 7.89. The molecule has 4 rings (SSSR count). The van der Waals surface area contributed by atoms with E-state index in [4.69, 9.17) is 0 Å². The molecule has 1 aliphatic heterocycles. The fraction of sp³-hybridized carbons (Fsp3) is 0.389. The predicted molar refractivity (Wildman–Crippen MR) is 82.9 cm³/mol. The normalized spacial score (nSPS) is 24.1. The van der Waals surface area contributed by atoms with Gasteiger partial charge in [0.25, 0.3) is 0 Å². The lowest BCUT2D eigenvalue weighted by Crippen LogP contribution is -2.25. The van der Waals surface area contributed by atoms with Crippen molar-refractivity contribution in [3.05, 3.63) is 54.3 Å². The molecule has 3 nitrogen and oxygen atoms in total. The minimum absolute atomic E-state index is 0.158.